The van der Waals surface area contributed by atoms with E-state index in [2.05, 4.69) is 4.90 Å². The molecule has 2 aliphatic heterocycles. The van der Waals surface area contributed by atoms with Crippen molar-refractivity contribution in [2.45, 2.75) is 57.5 Å². The van der Waals surface area contributed by atoms with Gasteiger partial charge in [0.25, 0.3) is 0 Å². The average molecular weight is 340 g/mol. The molecular weight excluding hydrogens is 312 g/mol. The monoisotopic (exact) mass is 340 g/mol. The average Bonchev–Trinajstić information content (AvgIpc) is 3.02. The van der Waals surface area contributed by atoms with Gasteiger partial charge < -0.3 is 9.80 Å². The van der Waals surface area contributed by atoms with Crippen molar-refractivity contribution in [3.63, 3.8) is 0 Å². The van der Waals surface area contributed by atoms with Crippen LogP contribution < -0.4 is 0 Å². The Morgan fingerprint density at radius 3 is 2.64 bits per heavy atom. The van der Waals surface area contributed by atoms with Gasteiger partial charge in [0.2, 0.25) is 11.8 Å². The third kappa shape index (κ3) is 3.44. The van der Waals surface area contributed by atoms with Crippen LogP contribution in [0.3, 0.4) is 0 Å². The highest BCUT2D eigenvalue weighted by molar-refractivity contribution is 5.89. The molecule has 1 aliphatic carbocycles. The van der Waals surface area contributed by atoms with Gasteiger partial charge in [0, 0.05) is 32.1 Å². The van der Waals surface area contributed by atoms with E-state index in [0.717, 1.165) is 24.9 Å². The second kappa shape index (κ2) is 7.19. The van der Waals surface area contributed by atoms with E-state index in [9.17, 15) is 9.59 Å². The Hall–Kier alpha value is -1.84. The standard InChI is InChI=1S/C21H28N2O2/c24-20-13-18(15-22(20)14-16-7-2-1-3-8-16)21(25)23-12-6-10-17-9-4-5-11-19(17)23/h1-3,7-8,17-19H,4-6,9-15H2/t17-,18-,19+/m0/s1. The lowest BCUT2D eigenvalue weighted by atomic mass is 9.78. The largest absolute Gasteiger partial charge is 0.339 e. The Labute approximate surface area is 150 Å². The summed E-state index contributed by atoms with van der Waals surface area (Å²) in [5.41, 5.74) is 1.13. The summed E-state index contributed by atoms with van der Waals surface area (Å²) in [6, 6.07) is 10.5. The SMILES string of the molecule is O=C1C[C@H](C(=O)N2CCC[C@@H]3CCCC[C@H]32)CN1Cc1ccccc1. The summed E-state index contributed by atoms with van der Waals surface area (Å²) in [7, 11) is 0. The Bertz CT molecular complexity index is 628. The van der Waals surface area contributed by atoms with Crippen molar-refractivity contribution in [3.05, 3.63) is 35.9 Å². The molecule has 3 aliphatic rings. The number of nitrogens with zero attached hydrogens (tertiary/aromatic N) is 2. The fourth-order valence-corrected chi connectivity index (χ4v) is 5.03. The quantitative estimate of drug-likeness (QED) is 0.848. The van der Waals surface area contributed by atoms with Crippen LogP contribution in [0.4, 0.5) is 0 Å². The summed E-state index contributed by atoms with van der Waals surface area (Å²) in [6.07, 6.45) is 7.78. The number of likely N-dealkylation sites (tertiary alicyclic amines) is 2. The number of piperidine rings is 1. The van der Waals surface area contributed by atoms with Crippen molar-refractivity contribution in [1.29, 1.82) is 0 Å². The van der Waals surface area contributed by atoms with Crippen LogP contribution in [-0.2, 0) is 16.1 Å². The Morgan fingerprint density at radius 1 is 1.04 bits per heavy atom. The number of carbonyl (C=O) groups excluding carboxylic acids is 2. The summed E-state index contributed by atoms with van der Waals surface area (Å²) in [5, 5.41) is 0. The first-order valence-electron chi connectivity index (χ1n) is 9.84. The zero-order valence-electron chi connectivity index (χ0n) is 14.9. The normalized spacial score (nSPS) is 29.6. The number of hydrogen-bond acceptors (Lipinski definition) is 2. The van der Waals surface area contributed by atoms with Crippen LogP contribution in [0, 0.1) is 11.8 Å². The first-order valence-corrected chi connectivity index (χ1v) is 9.84. The van der Waals surface area contributed by atoms with Gasteiger partial charge in [-0.2, -0.15) is 0 Å². The molecule has 2 amide bonds. The van der Waals surface area contributed by atoms with Gasteiger partial charge in [-0.25, -0.2) is 0 Å². The molecule has 1 saturated carbocycles. The number of hydrogen-bond donors (Lipinski definition) is 0. The van der Waals surface area contributed by atoms with E-state index in [1.807, 2.05) is 35.2 Å². The minimum absolute atomic E-state index is 0.124. The van der Waals surface area contributed by atoms with Crippen molar-refractivity contribution in [3.8, 4) is 0 Å². The van der Waals surface area contributed by atoms with E-state index in [1.165, 1.54) is 25.7 Å². The summed E-state index contributed by atoms with van der Waals surface area (Å²) >= 11 is 0. The number of benzene rings is 1. The molecule has 0 radical (unpaired) electrons. The number of rotatable bonds is 3. The van der Waals surface area contributed by atoms with Crippen LogP contribution in [0.1, 0.15) is 50.5 Å². The lowest BCUT2D eigenvalue weighted by molar-refractivity contribution is -0.142. The highest BCUT2D eigenvalue weighted by Gasteiger charge is 2.41. The first-order chi connectivity index (χ1) is 12.2. The molecule has 4 heteroatoms. The number of amides is 2. The van der Waals surface area contributed by atoms with E-state index in [0.29, 0.717) is 31.5 Å². The van der Waals surface area contributed by atoms with Gasteiger partial charge in [0.05, 0.1) is 5.92 Å². The third-order valence-electron chi connectivity index (χ3n) is 6.31. The Morgan fingerprint density at radius 2 is 1.80 bits per heavy atom. The molecular formula is C21H28N2O2. The van der Waals surface area contributed by atoms with Crippen LogP contribution in [0.25, 0.3) is 0 Å². The smallest absolute Gasteiger partial charge is 0.228 e. The second-order valence-electron chi connectivity index (χ2n) is 7.95. The molecule has 3 fully saturated rings. The molecule has 4 rings (SSSR count). The van der Waals surface area contributed by atoms with Crippen LogP contribution >= 0.6 is 0 Å². The van der Waals surface area contributed by atoms with E-state index in [1.54, 1.807) is 0 Å². The van der Waals surface area contributed by atoms with E-state index in [-0.39, 0.29) is 17.7 Å². The zero-order chi connectivity index (χ0) is 17.2. The maximum absolute atomic E-state index is 13.1. The van der Waals surface area contributed by atoms with Gasteiger partial charge in [-0.3, -0.25) is 9.59 Å². The van der Waals surface area contributed by atoms with Crippen molar-refractivity contribution < 1.29 is 9.59 Å². The molecule has 0 aromatic heterocycles. The maximum Gasteiger partial charge on any atom is 0.228 e. The molecule has 2 heterocycles. The minimum atomic E-state index is -0.142. The van der Waals surface area contributed by atoms with Crippen molar-refractivity contribution in [2.24, 2.45) is 11.8 Å². The first kappa shape index (κ1) is 16.6. The van der Waals surface area contributed by atoms with E-state index < -0.39 is 0 Å². The zero-order valence-corrected chi connectivity index (χ0v) is 14.9. The second-order valence-corrected chi connectivity index (χ2v) is 7.95. The van der Waals surface area contributed by atoms with Gasteiger partial charge in [0.15, 0.2) is 0 Å². The Kier molecular flexibility index (Phi) is 4.78. The predicted octanol–water partition coefficient (Wildman–Crippen LogP) is 3.22. The summed E-state index contributed by atoms with van der Waals surface area (Å²) in [6.45, 7) is 2.10. The van der Waals surface area contributed by atoms with Gasteiger partial charge in [0.1, 0.15) is 0 Å². The summed E-state index contributed by atoms with van der Waals surface area (Å²) in [5.74, 6) is 0.917. The van der Waals surface area contributed by atoms with Gasteiger partial charge in [-0.15, -0.1) is 0 Å². The Balaban J connectivity index is 1.41. The molecule has 25 heavy (non-hydrogen) atoms. The molecule has 134 valence electrons. The molecule has 1 aromatic carbocycles. The van der Waals surface area contributed by atoms with Crippen LogP contribution in [0.2, 0.25) is 0 Å². The minimum Gasteiger partial charge on any atom is -0.339 e. The van der Waals surface area contributed by atoms with Crippen LogP contribution in [0.15, 0.2) is 30.3 Å². The molecule has 0 bridgehead atoms. The number of carbonyl (C=O) groups is 2. The molecule has 1 aromatic rings. The van der Waals surface area contributed by atoms with Crippen molar-refractivity contribution >= 4 is 11.8 Å². The van der Waals surface area contributed by atoms with Crippen molar-refractivity contribution in [1.82, 2.24) is 9.80 Å². The molecule has 0 spiro atoms. The number of fused-ring (bicyclic) bond motifs is 1. The van der Waals surface area contributed by atoms with Gasteiger partial charge >= 0.3 is 0 Å². The summed E-state index contributed by atoms with van der Waals surface area (Å²) in [4.78, 5) is 29.6. The third-order valence-corrected chi connectivity index (χ3v) is 6.31. The topological polar surface area (TPSA) is 40.6 Å². The summed E-state index contributed by atoms with van der Waals surface area (Å²) < 4.78 is 0. The fourth-order valence-electron chi connectivity index (χ4n) is 5.03. The van der Waals surface area contributed by atoms with Gasteiger partial charge in [-0.05, 0) is 37.2 Å². The highest BCUT2D eigenvalue weighted by Crippen LogP contribution is 2.36. The molecule has 3 atom stereocenters. The fraction of sp³-hybridized carbons (Fsp3) is 0.619. The van der Waals surface area contributed by atoms with E-state index >= 15 is 0 Å². The lowest BCUT2D eigenvalue weighted by Crippen LogP contribution is -2.51. The molecule has 0 N–H and O–H groups in total. The van der Waals surface area contributed by atoms with Crippen LogP contribution in [0.5, 0.6) is 0 Å². The van der Waals surface area contributed by atoms with Gasteiger partial charge in [-0.1, -0.05) is 43.2 Å². The van der Waals surface area contributed by atoms with Crippen LogP contribution in [-0.4, -0.2) is 40.7 Å². The maximum atomic E-state index is 13.1. The predicted molar refractivity (Wildman–Crippen MR) is 96.7 cm³/mol. The van der Waals surface area contributed by atoms with Crippen molar-refractivity contribution in [2.75, 3.05) is 13.1 Å². The molecule has 2 saturated heterocycles. The highest BCUT2D eigenvalue weighted by atomic mass is 16.2. The molecule has 4 nitrogen and oxygen atoms in total. The van der Waals surface area contributed by atoms with E-state index in [4.69, 9.17) is 0 Å². The molecule has 0 unspecified atom stereocenters. The lowest BCUT2D eigenvalue weighted by Gasteiger charge is -2.45.